The maximum absolute atomic E-state index is 13.5. The summed E-state index contributed by atoms with van der Waals surface area (Å²) in [5, 5.41) is 11.1. The topological polar surface area (TPSA) is 61.6 Å². The average molecular weight is 317 g/mol. The number of ether oxygens (including phenoxy) is 2. The van der Waals surface area contributed by atoms with Gasteiger partial charge in [0.1, 0.15) is 0 Å². The third-order valence-corrected chi connectivity index (χ3v) is 3.05. The number of nitro groups is 1. The maximum atomic E-state index is 13.5. The van der Waals surface area contributed by atoms with E-state index in [1.54, 1.807) is 0 Å². The van der Waals surface area contributed by atoms with Crippen molar-refractivity contribution >= 4 is 5.69 Å². The van der Waals surface area contributed by atoms with Crippen molar-refractivity contribution in [2.75, 3.05) is 13.2 Å². The van der Waals surface area contributed by atoms with Crippen LogP contribution in [-0.2, 0) is 9.47 Å². The fraction of sp³-hybridized carbons (Fsp3) is 0.600. The van der Waals surface area contributed by atoms with Crippen LogP contribution in [0.4, 0.5) is 14.5 Å². The minimum atomic E-state index is -1.27. The van der Waals surface area contributed by atoms with E-state index in [2.05, 4.69) is 0 Å². The van der Waals surface area contributed by atoms with Crippen LogP contribution in [0.5, 0.6) is 0 Å². The molecule has 0 saturated carbocycles. The number of hydrogen-bond acceptors (Lipinski definition) is 4. The molecule has 0 fully saturated rings. The van der Waals surface area contributed by atoms with E-state index in [0.717, 1.165) is 31.7 Å². The van der Waals surface area contributed by atoms with E-state index >= 15 is 0 Å². The molecule has 0 atom stereocenters. The summed E-state index contributed by atoms with van der Waals surface area (Å²) in [6.45, 7) is 4.58. The predicted octanol–water partition coefficient (Wildman–Crippen LogP) is 4.51. The SMILES string of the molecule is CCCCOC(OCCCC)c1cc(F)c(F)cc1[N+](=O)[O-]. The monoisotopic (exact) mass is 317 g/mol. The third kappa shape index (κ3) is 5.31. The molecule has 0 bridgehead atoms. The van der Waals surface area contributed by atoms with Gasteiger partial charge in [-0.05, 0) is 18.9 Å². The highest BCUT2D eigenvalue weighted by Crippen LogP contribution is 2.31. The molecule has 0 N–H and O–H groups in total. The smallest absolute Gasteiger partial charge is 0.280 e. The lowest BCUT2D eigenvalue weighted by molar-refractivity contribution is -0.387. The van der Waals surface area contributed by atoms with Crippen LogP contribution in [0.2, 0.25) is 0 Å². The molecule has 1 aromatic rings. The molecule has 1 rings (SSSR count). The van der Waals surface area contributed by atoms with E-state index in [0.29, 0.717) is 19.3 Å². The lowest BCUT2D eigenvalue weighted by atomic mass is 10.1. The van der Waals surface area contributed by atoms with Gasteiger partial charge in [0, 0.05) is 0 Å². The van der Waals surface area contributed by atoms with Gasteiger partial charge in [-0.1, -0.05) is 26.7 Å². The Bertz CT molecular complexity index is 487. The molecule has 124 valence electrons. The summed E-state index contributed by atoms with van der Waals surface area (Å²) in [5.74, 6) is -2.43. The standard InChI is InChI=1S/C15H21F2NO4/c1-3-5-7-21-15(22-8-6-4-2)11-9-12(16)13(17)10-14(11)18(19)20/h9-10,15H,3-8H2,1-2H3. The molecule has 0 spiro atoms. The first-order valence-electron chi connectivity index (χ1n) is 7.37. The first-order valence-corrected chi connectivity index (χ1v) is 7.37. The minimum Gasteiger partial charge on any atom is -0.348 e. The van der Waals surface area contributed by atoms with Crippen LogP contribution in [0.3, 0.4) is 0 Å². The zero-order valence-corrected chi connectivity index (χ0v) is 12.8. The van der Waals surface area contributed by atoms with Crippen molar-refractivity contribution in [2.45, 2.75) is 45.8 Å². The first-order chi connectivity index (χ1) is 10.5. The Labute approximate surface area is 128 Å². The highest BCUT2D eigenvalue weighted by molar-refractivity contribution is 5.42. The number of unbranched alkanes of at least 4 members (excludes halogenated alkanes) is 2. The van der Waals surface area contributed by atoms with E-state index in [1.165, 1.54) is 0 Å². The molecule has 22 heavy (non-hydrogen) atoms. The van der Waals surface area contributed by atoms with Crippen molar-refractivity contribution in [3.05, 3.63) is 39.4 Å². The third-order valence-electron chi connectivity index (χ3n) is 3.05. The van der Waals surface area contributed by atoms with Crippen molar-refractivity contribution < 1.29 is 23.2 Å². The Morgan fingerprint density at radius 3 is 2.05 bits per heavy atom. The number of nitrogens with zero attached hydrogens (tertiary/aromatic N) is 1. The fourth-order valence-electron chi connectivity index (χ4n) is 1.80. The van der Waals surface area contributed by atoms with E-state index in [9.17, 15) is 18.9 Å². The van der Waals surface area contributed by atoms with Crippen molar-refractivity contribution in [3.63, 3.8) is 0 Å². The second-order valence-corrected chi connectivity index (χ2v) is 4.86. The summed E-state index contributed by atoms with van der Waals surface area (Å²) in [4.78, 5) is 10.3. The van der Waals surface area contributed by atoms with Crippen LogP contribution in [-0.4, -0.2) is 18.1 Å². The number of nitro benzene ring substituents is 1. The number of halogens is 2. The van der Waals surface area contributed by atoms with Gasteiger partial charge in [-0.15, -0.1) is 0 Å². The van der Waals surface area contributed by atoms with E-state index in [-0.39, 0.29) is 5.56 Å². The van der Waals surface area contributed by atoms with Crippen LogP contribution in [0.15, 0.2) is 12.1 Å². The Morgan fingerprint density at radius 2 is 1.59 bits per heavy atom. The molecular formula is C15H21F2NO4. The second-order valence-electron chi connectivity index (χ2n) is 4.86. The molecule has 0 aliphatic carbocycles. The Balaban J connectivity index is 3.04. The second kappa shape index (κ2) is 9.42. The van der Waals surface area contributed by atoms with Gasteiger partial charge in [-0.3, -0.25) is 10.1 Å². The lowest BCUT2D eigenvalue weighted by Crippen LogP contribution is -2.13. The number of hydrogen-bond donors (Lipinski definition) is 0. The summed E-state index contributed by atoms with van der Waals surface area (Å²) in [6.07, 6.45) is 2.16. The molecule has 0 aliphatic heterocycles. The van der Waals surface area contributed by atoms with Crippen molar-refractivity contribution in [2.24, 2.45) is 0 Å². The molecule has 0 saturated heterocycles. The molecule has 0 aliphatic rings. The van der Waals surface area contributed by atoms with Crippen LogP contribution in [0.25, 0.3) is 0 Å². The Morgan fingerprint density at radius 1 is 1.09 bits per heavy atom. The van der Waals surface area contributed by atoms with Gasteiger partial charge in [0.15, 0.2) is 17.9 Å². The van der Waals surface area contributed by atoms with Gasteiger partial charge >= 0.3 is 0 Å². The van der Waals surface area contributed by atoms with E-state index < -0.39 is 28.5 Å². The zero-order valence-electron chi connectivity index (χ0n) is 12.8. The average Bonchev–Trinajstić information content (AvgIpc) is 2.48. The quantitative estimate of drug-likeness (QED) is 0.276. The van der Waals surface area contributed by atoms with E-state index in [1.807, 2.05) is 13.8 Å². The largest absolute Gasteiger partial charge is 0.348 e. The van der Waals surface area contributed by atoms with Crippen LogP contribution in [0, 0.1) is 21.7 Å². The van der Waals surface area contributed by atoms with Crippen LogP contribution in [0.1, 0.15) is 51.4 Å². The maximum Gasteiger partial charge on any atom is 0.280 e. The van der Waals surface area contributed by atoms with Crippen LogP contribution < -0.4 is 0 Å². The molecule has 0 heterocycles. The molecule has 0 amide bonds. The van der Waals surface area contributed by atoms with Gasteiger partial charge in [0.05, 0.1) is 29.8 Å². The first kappa shape index (κ1) is 18.4. The van der Waals surface area contributed by atoms with Crippen LogP contribution >= 0.6 is 0 Å². The molecule has 7 heteroatoms. The molecule has 0 unspecified atom stereocenters. The molecular weight excluding hydrogens is 296 g/mol. The Kier molecular flexibility index (Phi) is 7.90. The summed E-state index contributed by atoms with van der Waals surface area (Å²) in [5.41, 5.74) is -0.645. The number of rotatable bonds is 10. The molecule has 5 nitrogen and oxygen atoms in total. The van der Waals surface area contributed by atoms with Gasteiger partial charge in [-0.2, -0.15) is 0 Å². The van der Waals surface area contributed by atoms with Crippen molar-refractivity contribution in [1.29, 1.82) is 0 Å². The van der Waals surface area contributed by atoms with Gasteiger partial charge < -0.3 is 9.47 Å². The highest BCUT2D eigenvalue weighted by Gasteiger charge is 2.26. The number of benzene rings is 1. The van der Waals surface area contributed by atoms with Gasteiger partial charge in [0.25, 0.3) is 5.69 Å². The summed E-state index contributed by atoms with van der Waals surface area (Å²) < 4.78 is 37.7. The molecule has 0 radical (unpaired) electrons. The lowest BCUT2D eigenvalue weighted by Gasteiger charge is -2.19. The molecule has 1 aromatic carbocycles. The van der Waals surface area contributed by atoms with Crippen molar-refractivity contribution in [3.8, 4) is 0 Å². The summed E-state index contributed by atoms with van der Waals surface area (Å²) >= 11 is 0. The van der Waals surface area contributed by atoms with Crippen molar-refractivity contribution in [1.82, 2.24) is 0 Å². The van der Waals surface area contributed by atoms with Gasteiger partial charge in [-0.25, -0.2) is 8.78 Å². The summed E-state index contributed by atoms with van der Waals surface area (Å²) in [6, 6.07) is 1.33. The summed E-state index contributed by atoms with van der Waals surface area (Å²) in [7, 11) is 0. The fourth-order valence-corrected chi connectivity index (χ4v) is 1.80. The molecule has 0 aromatic heterocycles. The highest BCUT2D eigenvalue weighted by atomic mass is 19.2. The predicted molar refractivity (Wildman–Crippen MR) is 77.5 cm³/mol. The zero-order chi connectivity index (χ0) is 16.5. The van der Waals surface area contributed by atoms with E-state index in [4.69, 9.17) is 9.47 Å². The normalized spacial score (nSPS) is 11.1. The Hall–Kier alpha value is -1.60. The minimum absolute atomic E-state index is 0.101. The van der Waals surface area contributed by atoms with Gasteiger partial charge in [0.2, 0.25) is 0 Å².